The second-order valence-electron chi connectivity index (χ2n) is 5.61. The first-order valence-corrected chi connectivity index (χ1v) is 7.35. The molecule has 0 amide bonds. The van der Waals surface area contributed by atoms with Crippen molar-refractivity contribution in [3.8, 4) is 0 Å². The number of benzene rings is 1. The molecule has 4 aromatic rings. The van der Waals surface area contributed by atoms with Gasteiger partial charge in [0.15, 0.2) is 17.2 Å². The van der Waals surface area contributed by atoms with Gasteiger partial charge in [0.25, 0.3) is 0 Å². The molecule has 0 spiro atoms. The molecule has 0 aliphatic carbocycles. The molecular formula is C15H15N7O2. The van der Waals surface area contributed by atoms with Gasteiger partial charge in [-0.25, -0.2) is 19.6 Å². The van der Waals surface area contributed by atoms with Crippen LogP contribution in [0, 0.1) is 0 Å². The highest BCUT2D eigenvalue weighted by Crippen LogP contribution is 2.26. The van der Waals surface area contributed by atoms with Gasteiger partial charge in [0.2, 0.25) is 17.2 Å². The summed E-state index contributed by atoms with van der Waals surface area (Å²) < 4.78 is 10.5. The van der Waals surface area contributed by atoms with E-state index in [-0.39, 0.29) is 0 Å². The highest BCUT2D eigenvalue weighted by Gasteiger charge is 2.19. The van der Waals surface area contributed by atoms with Gasteiger partial charge in [-0.1, -0.05) is 12.1 Å². The first-order valence-electron chi connectivity index (χ1n) is 7.35. The zero-order valence-electron chi connectivity index (χ0n) is 13.5. The number of hydrogen-bond donors (Lipinski definition) is 0. The van der Waals surface area contributed by atoms with Crippen LogP contribution in [-0.4, -0.2) is 46.4 Å². The number of aromatic nitrogens is 5. The van der Waals surface area contributed by atoms with Crippen LogP contribution in [0.25, 0.3) is 22.4 Å². The number of hydrogen-bond acceptors (Lipinski definition) is 9. The van der Waals surface area contributed by atoms with Gasteiger partial charge >= 0.3 is 0 Å². The van der Waals surface area contributed by atoms with E-state index in [1.54, 1.807) is 0 Å². The van der Waals surface area contributed by atoms with Crippen molar-refractivity contribution in [2.75, 3.05) is 30.9 Å². The van der Waals surface area contributed by atoms with Crippen LogP contribution in [0.1, 0.15) is 5.89 Å². The van der Waals surface area contributed by atoms with Crippen molar-refractivity contribution < 1.29 is 9.05 Å². The van der Waals surface area contributed by atoms with E-state index >= 15 is 0 Å². The molecule has 0 aliphatic heterocycles. The number of rotatable bonds is 4. The maximum atomic E-state index is 5.77. The number of anilines is 2. The number of fused-ring (bicyclic) bond motifs is 2. The molecular weight excluding hydrogens is 310 g/mol. The summed E-state index contributed by atoms with van der Waals surface area (Å²) in [6, 6.07) is 7.66. The molecule has 3 heterocycles. The van der Waals surface area contributed by atoms with Gasteiger partial charge in [0.1, 0.15) is 5.52 Å². The highest BCUT2D eigenvalue weighted by molar-refractivity contribution is 5.74. The number of para-hydroxylation sites is 2. The monoisotopic (exact) mass is 325 g/mol. The largest absolute Gasteiger partial charge is 0.439 e. The minimum Gasteiger partial charge on any atom is -0.439 e. The lowest BCUT2D eigenvalue weighted by Gasteiger charge is -2.21. The summed E-state index contributed by atoms with van der Waals surface area (Å²) in [6.07, 6.45) is 0. The van der Waals surface area contributed by atoms with Crippen LogP contribution < -0.4 is 9.80 Å². The molecule has 0 unspecified atom stereocenters. The van der Waals surface area contributed by atoms with E-state index in [2.05, 4.69) is 25.3 Å². The third-order valence-corrected chi connectivity index (χ3v) is 3.57. The fraction of sp³-hybridized carbons (Fsp3) is 0.267. The van der Waals surface area contributed by atoms with Gasteiger partial charge in [-0.15, -0.1) is 0 Å². The van der Waals surface area contributed by atoms with Crippen molar-refractivity contribution in [3.05, 3.63) is 30.2 Å². The predicted molar refractivity (Wildman–Crippen MR) is 87.8 cm³/mol. The van der Waals surface area contributed by atoms with Gasteiger partial charge in [-0.3, -0.25) is 0 Å². The summed E-state index contributed by atoms with van der Waals surface area (Å²) in [5.74, 6) is 1.91. The number of nitrogens with zero attached hydrogens (tertiary/aromatic N) is 7. The molecule has 1 aromatic carbocycles. The lowest BCUT2D eigenvalue weighted by atomic mass is 10.3. The normalized spacial score (nSPS) is 11.3. The van der Waals surface area contributed by atoms with Gasteiger partial charge in [-0.2, -0.15) is 0 Å². The smallest absolute Gasteiger partial charge is 0.245 e. The quantitative estimate of drug-likeness (QED) is 0.556. The molecule has 9 heteroatoms. The molecule has 122 valence electrons. The molecule has 0 fully saturated rings. The lowest BCUT2D eigenvalue weighted by molar-refractivity contribution is 0.314. The zero-order valence-corrected chi connectivity index (χ0v) is 13.5. The van der Waals surface area contributed by atoms with E-state index in [0.29, 0.717) is 35.4 Å². The van der Waals surface area contributed by atoms with Crippen LogP contribution in [-0.2, 0) is 6.54 Å². The van der Waals surface area contributed by atoms with Crippen LogP contribution >= 0.6 is 0 Å². The van der Waals surface area contributed by atoms with Crippen LogP contribution in [0.3, 0.4) is 0 Å². The Balaban J connectivity index is 1.71. The Hall–Kier alpha value is -3.23. The first kappa shape index (κ1) is 14.4. The van der Waals surface area contributed by atoms with Gasteiger partial charge in [0, 0.05) is 21.1 Å². The van der Waals surface area contributed by atoms with E-state index in [1.165, 1.54) is 0 Å². The van der Waals surface area contributed by atoms with Crippen molar-refractivity contribution in [2.45, 2.75) is 6.54 Å². The Morgan fingerprint density at radius 3 is 2.33 bits per heavy atom. The van der Waals surface area contributed by atoms with Crippen molar-refractivity contribution >= 4 is 34.0 Å². The second kappa shape index (κ2) is 5.44. The minimum absolute atomic E-state index is 0.361. The summed E-state index contributed by atoms with van der Waals surface area (Å²) in [6.45, 7) is 0.445. The maximum absolute atomic E-state index is 5.77. The summed E-state index contributed by atoms with van der Waals surface area (Å²) in [5, 5.41) is 7.50. The summed E-state index contributed by atoms with van der Waals surface area (Å²) >= 11 is 0. The Kier molecular flexibility index (Phi) is 3.26. The molecule has 0 radical (unpaired) electrons. The molecule has 9 nitrogen and oxygen atoms in total. The van der Waals surface area contributed by atoms with Crippen molar-refractivity contribution in [1.29, 1.82) is 0 Å². The fourth-order valence-electron chi connectivity index (χ4n) is 2.44. The van der Waals surface area contributed by atoms with E-state index < -0.39 is 0 Å². The maximum Gasteiger partial charge on any atom is 0.245 e. The van der Waals surface area contributed by atoms with Gasteiger partial charge in [0.05, 0.1) is 6.54 Å². The standard InChI is InChI=1S/C15H15N7O2/c1-21(2)14-15(18-13-12(17-14)19-24-20-13)22(3)8-11-16-9-6-4-5-7-10(9)23-11/h4-7H,8H2,1-3H3. The molecule has 0 N–H and O–H groups in total. The van der Waals surface area contributed by atoms with Gasteiger partial charge < -0.3 is 14.2 Å². The molecule has 3 aromatic heterocycles. The molecule has 0 aliphatic rings. The third-order valence-electron chi connectivity index (χ3n) is 3.57. The van der Waals surface area contributed by atoms with Crippen molar-refractivity contribution in [1.82, 2.24) is 25.3 Å². The van der Waals surface area contributed by atoms with Crippen LogP contribution in [0.2, 0.25) is 0 Å². The molecule has 0 bridgehead atoms. The first-order chi connectivity index (χ1) is 11.6. The summed E-state index contributed by atoms with van der Waals surface area (Å²) in [4.78, 5) is 17.2. The molecule has 24 heavy (non-hydrogen) atoms. The Labute approximate surface area is 136 Å². The van der Waals surface area contributed by atoms with Crippen LogP contribution in [0.5, 0.6) is 0 Å². The Bertz CT molecular complexity index is 974. The van der Waals surface area contributed by atoms with E-state index in [9.17, 15) is 0 Å². The van der Waals surface area contributed by atoms with Crippen LogP contribution in [0.4, 0.5) is 11.6 Å². The van der Waals surface area contributed by atoms with Gasteiger partial charge in [-0.05, 0) is 22.4 Å². The Morgan fingerprint density at radius 1 is 0.917 bits per heavy atom. The molecule has 0 atom stereocenters. The summed E-state index contributed by atoms with van der Waals surface area (Å²) in [7, 11) is 5.67. The van der Waals surface area contributed by atoms with Crippen molar-refractivity contribution in [3.63, 3.8) is 0 Å². The zero-order chi connectivity index (χ0) is 16.7. The van der Waals surface area contributed by atoms with E-state index in [1.807, 2.05) is 55.2 Å². The van der Waals surface area contributed by atoms with Crippen LogP contribution in [0.15, 0.2) is 33.3 Å². The number of oxazole rings is 1. The van der Waals surface area contributed by atoms with E-state index in [4.69, 9.17) is 9.05 Å². The average Bonchev–Trinajstić information content (AvgIpc) is 3.18. The molecule has 0 saturated carbocycles. The Morgan fingerprint density at radius 2 is 1.62 bits per heavy atom. The predicted octanol–water partition coefficient (Wildman–Crippen LogP) is 1.86. The highest BCUT2D eigenvalue weighted by atomic mass is 16.6. The summed E-state index contributed by atoms with van der Waals surface area (Å²) in [5.41, 5.74) is 2.32. The SMILES string of the molecule is CN(C)c1nc2nonc2nc1N(C)Cc1nc2ccccc2o1. The molecule has 4 rings (SSSR count). The molecule has 0 saturated heterocycles. The van der Waals surface area contributed by atoms with Crippen molar-refractivity contribution in [2.24, 2.45) is 0 Å². The second-order valence-corrected chi connectivity index (χ2v) is 5.61. The lowest BCUT2D eigenvalue weighted by Crippen LogP contribution is -2.23. The van der Waals surface area contributed by atoms with E-state index in [0.717, 1.165) is 11.1 Å². The topological polar surface area (TPSA) is 97.2 Å². The average molecular weight is 325 g/mol. The fourth-order valence-corrected chi connectivity index (χ4v) is 2.44. The minimum atomic E-state index is 0.361. The third kappa shape index (κ3) is 2.39.